The minimum Gasteiger partial charge on any atom is -0.353 e. The summed E-state index contributed by atoms with van der Waals surface area (Å²) in [6.45, 7) is 2.02. The quantitative estimate of drug-likeness (QED) is 0.641. The molecule has 0 aliphatic carbocycles. The molecule has 30 heavy (non-hydrogen) atoms. The number of sulfonamides is 1. The van der Waals surface area contributed by atoms with Gasteiger partial charge in [-0.3, -0.25) is 9.69 Å². The van der Waals surface area contributed by atoms with Crippen molar-refractivity contribution in [3.63, 3.8) is 0 Å². The van der Waals surface area contributed by atoms with Gasteiger partial charge in [0.15, 0.2) is 0 Å². The lowest BCUT2D eigenvalue weighted by Gasteiger charge is -2.28. The Labute approximate surface area is 187 Å². The van der Waals surface area contributed by atoms with Gasteiger partial charge in [0.1, 0.15) is 0 Å². The molecule has 0 radical (unpaired) electrons. The van der Waals surface area contributed by atoms with Crippen LogP contribution >= 0.6 is 23.2 Å². The zero-order valence-electron chi connectivity index (χ0n) is 16.7. The summed E-state index contributed by atoms with van der Waals surface area (Å²) >= 11 is 12.0. The topological polar surface area (TPSA) is 69.7 Å². The van der Waals surface area contributed by atoms with Gasteiger partial charge in [-0.2, -0.15) is 4.31 Å². The van der Waals surface area contributed by atoms with Crippen molar-refractivity contribution in [2.45, 2.75) is 23.8 Å². The minimum absolute atomic E-state index is 0.00618. The van der Waals surface area contributed by atoms with Crippen LogP contribution in [-0.2, 0) is 14.8 Å². The number of hydrogen-bond donors (Lipinski definition) is 1. The molecule has 3 rings (SSSR count). The molecule has 1 atom stereocenters. The van der Waals surface area contributed by atoms with Gasteiger partial charge in [0.2, 0.25) is 15.9 Å². The van der Waals surface area contributed by atoms with Crippen molar-refractivity contribution in [1.82, 2.24) is 14.5 Å². The number of benzene rings is 2. The van der Waals surface area contributed by atoms with Crippen molar-refractivity contribution in [3.05, 3.63) is 64.1 Å². The molecule has 1 aliphatic heterocycles. The molecule has 1 N–H and O–H groups in total. The number of carbonyl (C=O) groups excluding carboxylic acids is 1. The molecule has 162 valence electrons. The molecule has 1 amide bonds. The third-order valence-corrected chi connectivity index (χ3v) is 7.50. The SMILES string of the molecule is CN(CC(=O)NCC(c1cccc(Cl)c1)N1CCCC1)S(=O)(=O)c1ccc(Cl)cc1. The number of likely N-dealkylation sites (tertiary alicyclic amines) is 1. The molecule has 1 aliphatic rings. The van der Waals surface area contributed by atoms with Gasteiger partial charge in [0, 0.05) is 23.6 Å². The van der Waals surface area contributed by atoms with E-state index in [-0.39, 0.29) is 23.4 Å². The summed E-state index contributed by atoms with van der Waals surface area (Å²) in [6.07, 6.45) is 2.24. The lowest BCUT2D eigenvalue weighted by Crippen LogP contribution is -2.42. The number of hydrogen-bond acceptors (Lipinski definition) is 4. The van der Waals surface area contributed by atoms with Crippen molar-refractivity contribution in [1.29, 1.82) is 0 Å². The predicted molar refractivity (Wildman–Crippen MR) is 119 cm³/mol. The molecular formula is C21H25Cl2N3O3S. The maximum Gasteiger partial charge on any atom is 0.243 e. The molecule has 0 aromatic heterocycles. The van der Waals surface area contributed by atoms with Gasteiger partial charge < -0.3 is 5.32 Å². The van der Waals surface area contributed by atoms with E-state index in [0.717, 1.165) is 35.8 Å². The van der Waals surface area contributed by atoms with Crippen LogP contribution in [-0.4, -0.2) is 56.8 Å². The highest BCUT2D eigenvalue weighted by Gasteiger charge is 2.26. The first kappa shape index (κ1) is 23.0. The summed E-state index contributed by atoms with van der Waals surface area (Å²) in [4.78, 5) is 14.9. The van der Waals surface area contributed by atoms with E-state index in [1.54, 1.807) is 0 Å². The lowest BCUT2D eigenvalue weighted by atomic mass is 10.1. The summed E-state index contributed by atoms with van der Waals surface area (Å²) in [5.41, 5.74) is 1.03. The fraction of sp³-hybridized carbons (Fsp3) is 0.381. The molecule has 9 heteroatoms. The molecular weight excluding hydrogens is 445 g/mol. The third-order valence-electron chi connectivity index (χ3n) is 5.20. The second kappa shape index (κ2) is 10.1. The van der Waals surface area contributed by atoms with Crippen LogP contribution in [0.5, 0.6) is 0 Å². The van der Waals surface area contributed by atoms with Gasteiger partial charge in [-0.05, 0) is 67.9 Å². The van der Waals surface area contributed by atoms with Gasteiger partial charge in [0.05, 0.1) is 17.5 Å². The van der Waals surface area contributed by atoms with E-state index in [1.807, 2.05) is 24.3 Å². The summed E-state index contributed by atoms with van der Waals surface area (Å²) in [5, 5.41) is 3.99. The van der Waals surface area contributed by atoms with E-state index in [4.69, 9.17) is 23.2 Å². The van der Waals surface area contributed by atoms with Crippen LogP contribution in [0.3, 0.4) is 0 Å². The number of likely N-dealkylation sites (N-methyl/N-ethyl adjacent to an activating group) is 1. The van der Waals surface area contributed by atoms with Gasteiger partial charge >= 0.3 is 0 Å². The Kier molecular flexibility index (Phi) is 7.76. The second-order valence-corrected chi connectivity index (χ2v) is 10.3. The highest BCUT2D eigenvalue weighted by atomic mass is 35.5. The Morgan fingerprint density at radius 1 is 1.10 bits per heavy atom. The normalized spacial score (nSPS) is 16.0. The van der Waals surface area contributed by atoms with E-state index < -0.39 is 10.0 Å². The summed E-state index contributed by atoms with van der Waals surface area (Å²) in [6, 6.07) is 13.5. The Morgan fingerprint density at radius 3 is 2.40 bits per heavy atom. The molecule has 0 bridgehead atoms. The minimum atomic E-state index is -3.78. The van der Waals surface area contributed by atoms with Crippen LogP contribution in [0.15, 0.2) is 53.4 Å². The highest BCUT2D eigenvalue weighted by Crippen LogP contribution is 2.26. The smallest absolute Gasteiger partial charge is 0.243 e. The lowest BCUT2D eigenvalue weighted by molar-refractivity contribution is -0.121. The first-order chi connectivity index (χ1) is 14.3. The fourth-order valence-corrected chi connectivity index (χ4v) is 5.02. The molecule has 1 fully saturated rings. The zero-order chi connectivity index (χ0) is 21.7. The largest absolute Gasteiger partial charge is 0.353 e. The number of nitrogens with zero attached hydrogens (tertiary/aromatic N) is 2. The van der Waals surface area contributed by atoms with E-state index in [9.17, 15) is 13.2 Å². The Morgan fingerprint density at radius 2 is 1.77 bits per heavy atom. The van der Waals surface area contributed by atoms with Crippen molar-refractivity contribution in [2.24, 2.45) is 0 Å². The number of rotatable bonds is 8. The van der Waals surface area contributed by atoms with Gasteiger partial charge in [-0.15, -0.1) is 0 Å². The molecule has 0 spiro atoms. The van der Waals surface area contributed by atoms with Crippen LogP contribution in [0.25, 0.3) is 0 Å². The summed E-state index contributed by atoms with van der Waals surface area (Å²) < 4.78 is 26.4. The Hall–Kier alpha value is -1.64. The van der Waals surface area contributed by atoms with Crippen LogP contribution < -0.4 is 5.32 Å². The highest BCUT2D eigenvalue weighted by molar-refractivity contribution is 7.89. The predicted octanol–water partition coefficient (Wildman–Crippen LogP) is 3.57. The molecule has 1 unspecified atom stereocenters. The van der Waals surface area contributed by atoms with Crippen LogP contribution in [0.4, 0.5) is 0 Å². The maximum atomic E-state index is 12.7. The first-order valence-electron chi connectivity index (χ1n) is 9.75. The maximum absolute atomic E-state index is 12.7. The molecule has 2 aromatic rings. The molecule has 6 nitrogen and oxygen atoms in total. The average molecular weight is 470 g/mol. The summed E-state index contributed by atoms with van der Waals surface area (Å²) in [7, 11) is -2.39. The first-order valence-corrected chi connectivity index (χ1v) is 11.9. The summed E-state index contributed by atoms with van der Waals surface area (Å²) in [5.74, 6) is -0.360. The molecule has 1 heterocycles. The Bertz CT molecular complexity index is 977. The van der Waals surface area contributed by atoms with Gasteiger partial charge in [-0.1, -0.05) is 35.3 Å². The van der Waals surface area contributed by atoms with E-state index in [1.165, 1.54) is 31.3 Å². The molecule has 0 saturated carbocycles. The number of halogens is 2. The van der Waals surface area contributed by atoms with Crippen molar-refractivity contribution in [3.8, 4) is 0 Å². The van der Waals surface area contributed by atoms with Crippen LogP contribution in [0.2, 0.25) is 10.0 Å². The van der Waals surface area contributed by atoms with E-state index in [2.05, 4.69) is 10.2 Å². The van der Waals surface area contributed by atoms with E-state index >= 15 is 0 Å². The molecule has 1 saturated heterocycles. The van der Waals surface area contributed by atoms with Crippen LogP contribution in [0, 0.1) is 0 Å². The number of amides is 1. The number of nitrogens with one attached hydrogen (secondary N) is 1. The average Bonchev–Trinajstić information content (AvgIpc) is 3.23. The van der Waals surface area contributed by atoms with Gasteiger partial charge in [0.25, 0.3) is 0 Å². The number of carbonyl (C=O) groups is 1. The second-order valence-electron chi connectivity index (χ2n) is 7.33. The van der Waals surface area contributed by atoms with E-state index in [0.29, 0.717) is 16.6 Å². The van der Waals surface area contributed by atoms with Crippen LogP contribution in [0.1, 0.15) is 24.4 Å². The molecule has 2 aromatic carbocycles. The van der Waals surface area contributed by atoms with Crippen molar-refractivity contribution in [2.75, 3.05) is 33.2 Å². The Balaban J connectivity index is 1.64. The van der Waals surface area contributed by atoms with Crippen molar-refractivity contribution < 1.29 is 13.2 Å². The standard InChI is InChI=1S/C21H25Cl2N3O3S/c1-25(30(28,29)19-9-7-17(22)8-10-19)15-21(27)24-14-20(26-11-2-3-12-26)16-5-4-6-18(23)13-16/h4-10,13,20H,2-3,11-12,14-15H2,1H3,(H,24,27). The third kappa shape index (κ3) is 5.74. The van der Waals surface area contributed by atoms with Gasteiger partial charge in [-0.25, -0.2) is 8.42 Å². The monoisotopic (exact) mass is 469 g/mol. The zero-order valence-corrected chi connectivity index (χ0v) is 19.1. The fourth-order valence-electron chi connectivity index (χ4n) is 3.57. The van der Waals surface area contributed by atoms with Crippen molar-refractivity contribution >= 4 is 39.1 Å².